The molecule has 1 aliphatic heterocycles. The lowest BCUT2D eigenvalue weighted by molar-refractivity contribution is 0.0341. The van der Waals surface area contributed by atoms with Crippen LogP contribution in [0.1, 0.15) is 19.4 Å². The number of morpholine rings is 1. The maximum atomic E-state index is 14.1. The molecule has 1 aliphatic rings. The number of nitrogen functional groups attached to an aromatic ring is 1. The van der Waals surface area contributed by atoms with Crippen molar-refractivity contribution < 1.29 is 9.13 Å². The zero-order valence-electron chi connectivity index (χ0n) is 10.6. The fourth-order valence-corrected chi connectivity index (χ4v) is 2.15. The topological polar surface area (TPSA) is 62.3 Å². The number of rotatable bonds is 2. The SMILES string of the molecule is CC1CN(c2ccc(C(=N)N)cc2F)C(C)CO1. The molecule has 0 radical (unpaired) electrons. The number of nitrogens with zero attached hydrogens (tertiary/aromatic N) is 1. The fraction of sp³-hybridized carbons (Fsp3) is 0.462. The van der Waals surface area contributed by atoms with Crippen LogP contribution >= 0.6 is 0 Å². The molecule has 1 heterocycles. The van der Waals surface area contributed by atoms with Gasteiger partial charge in [0, 0.05) is 18.2 Å². The number of hydrogen-bond acceptors (Lipinski definition) is 3. The van der Waals surface area contributed by atoms with Crippen LogP contribution in [0.15, 0.2) is 18.2 Å². The van der Waals surface area contributed by atoms with Crippen molar-refractivity contribution in [3.05, 3.63) is 29.6 Å². The van der Waals surface area contributed by atoms with E-state index in [0.717, 1.165) is 0 Å². The van der Waals surface area contributed by atoms with Crippen LogP contribution < -0.4 is 10.6 Å². The van der Waals surface area contributed by atoms with Crippen molar-refractivity contribution in [3.8, 4) is 0 Å². The molecular weight excluding hydrogens is 233 g/mol. The van der Waals surface area contributed by atoms with Gasteiger partial charge in [-0.3, -0.25) is 5.41 Å². The number of nitrogens with two attached hydrogens (primary N) is 1. The van der Waals surface area contributed by atoms with Gasteiger partial charge in [0.1, 0.15) is 11.7 Å². The lowest BCUT2D eigenvalue weighted by Crippen LogP contribution is -2.47. The summed E-state index contributed by atoms with van der Waals surface area (Å²) >= 11 is 0. The molecule has 0 bridgehead atoms. The third kappa shape index (κ3) is 2.46. The Balaban J connectivity index is 2.30. The molecule has 1 aromatic carbocycles. The monoisotopic (exact) mass is 251 g/mol. The summed E-state index contributed by atoms with van der Waals surface area (Å²) < 4.78 is 19.6. The number of hydrogen-bond donors (Lipinski definition) is 2. The van der Waals surface area contributed by atoms with Gasteiger partial charge >= 0.3 is 0 Å². The van der Waals surface area contributed by atoms with Crippen molar-refractivity contribution in [1.82, 2.24) is 0 Å². The van der Waals surface area contributed by atoms with Crippen molar-refractivity contribution in [2.45, 2.75) is 26.0 Å². The average Bonchev–Trinajstić information content (AvgIpc) is 2.32. The quantitative estimate of drug-likeness (QED) is 0.621. The van der Waals surface area contributed by atoms with Crippen molar-refractivity contribution in [2.24, 2.45) is 5.73 Å². The Labute approximate surface area is 106 Å². The number of anilines is 1. The van der Waals surface area contributed by atoms with Gasteiger partial charge in [-0.2, -0.15) is 0 Å². The lowest BCUT2D eigenvalue weighted by Gasteiger charge is -2.38. The zero-order chi connectivity index (χ0) is 13.3. The Morgan fingerprint density at radius 1 is 1.50 bits per heavy atom. The summed E-state index contributed by atoms with van der Waals surface area (Å²) in [5, 5.41) is 7.30. The number of amidine groups is 1. The van der Waals surface area contributed by atoms with E-state index in [1.54, 1.807) is 12.1 Å². The van der Waals surface area contributed by atoms with E-state index in [1.165, 1.54) is 6.07 Å². The second-order valence-electron chi connectivity index (χ2n) is 4.73. The highest BCUT2D eigenvalue weighted by atomic mass is 19.1. The van der Waals surface area contributed by atoms with E-state index in [2.05, 4.69) is 0 Å². The number of ether oxygens (including phenoxy) is 1. The molecule has 1 saturated heterocycles. The minimum Gasteiger partial charge on any atom is -0.384 e. The fourth-order valence-electron chi connectivity index (χ4n) is 2.15. The van der Waals surface area contributed by atoms with Crippen LogP contribution in [-0.2, 0) is 4.74 Å². The number of benzene rings is 1. The first kappa shape index (κ1) is 12.8. The lowest BCUT2D eigenvalue weighted by atomic mass is 10.1. The van der Waals surface area contributed by atoms with Crippen LogP contribution in [0.4, 0.5) is 10.1 Å². The summed E-state index contributed by atoms with van der Waals surface area (Å²) in [5.74, 6) is -0.465. The molecule has 2 unspecified atom stereocenters. The predicted molar refractivity (Wildman–Crippen MR) is 69.6 cm³/mol. The van der Waals surface area contributed by atoms with Crippen molar-refractivity contribution in [3.63, 3.8) is 0 Å². The Bertz CT molecular complexity index is 464. The van der Waals surface area contributed by atoms with Gasteiger partial charge in [0.25, 0.3) is 0 Å². The summed E-state index contributed by atoms with van der Waals surface area (Å²) in [5.41, 5.74) is 6.30. The van der Waals surface area contributed by atoms with E-state index in [-0.39, 0.29) is 23.8 Å². The molecule has 2 atom stereocenters. The molecule has 2 rings (SSSR count). The molecule has 98 valence electrons. The van der Waals surface area contributed by atoms with Gasteiger partial charge in [-0.15, -0.1) is 0 Å². The summed E-state index contributed by atoms with van der Waals surface area (Å²) in [7, 11) is 0. The average molecular weight is 251 g/mol. The van der Waals surface area contributed by atoms with Gasteiger partial charge in [0.15, 0.2) is 0 Å². The molecule has 18 heavy (non-hydrogen) atoms. The zero-order valence-corrected chi connectivity index (χ0v) is 10.6. The van der Waals surface area contributed by atoms with Crippen LogP contribution in [0.3, 0.4) is 0 Å². The normalized spacial score (nSPS) is 24.1. The van der Waals surface area contributed by atoms with Crippen molar-refractivity contribution >= 4 is 11.5 Å². The number of nitrogens with one attached hydrogen (secondary N) is 1. The van der Waals surface area contributed by atoms with E-state index >= 15 is 0 Å². The van der Waals surface area contributed by atoms with Gasteiger partial charge in [-0.05, 0) is 32.0 Å². The van der Waals surface area contributed by atoms with E-state index in [4.69, 9.17) is 15.9 Å². The molecule has 1 aromatic rings. The molecule has 0 aromatic heterocycles. The number of halogens is 1. The van der Waals surface area contributed by atoms with Crippen LogP contribution in [-0.4, -0.2) is 31.1 Å². The van der Waals surface area contributed by atoms with E-state index in [1.807, 2.05) is 18.7 Å². The minimum absolute atomic E-state index is 0.0908. The van der Waals surface area contributed by atoms with Crippen LogP contribution in [0.25, 0.3) is 0 Å². The van der Waals surface area contributed by atoms with Gasteiger partial charge in [-0.1, -0.05) is 0 Å². The van der Waals surface area contributed by atoms with Gasteiger partial charge in [0.05, 0.1) is 18.4 Å². The molecule has 5 heteroatoms. The Morgan fingerprint density at radius 2 is 2.22 bits per heavy atom. The predicted octanol–water partition coefficient (Wildman–Crippen LogP) is 1.72. The second-order valence-corrected chi connectivity index (χ2v) is 4.73. The summed E-state index contributed by atoms with van der Waals surface area (Å²) in [6.07, 6.45) is 0.0908. The minimum atomic E-state index is -0.344. The van der Waals surface area contributed by atoms with Gasteiger partial charge in [0.2, 0.25) is 0 Å². The maximum Gasteiger partial charge on any atom is 0.147 e. The molecule has 0 spiro atoms. The highest BCUT2D eigenvalue weighted by Crippen LogP contribution is 2.25. The second kappa shape index (κ2) is 4.94. The largest absolute Gasteiger partial charge is 0.384 e. The van der Waals surface area contributed by atoms with E-state index in [0.29, 0.717) is 24.4 Å². The molecule has 0 amide bonds. The van der Waals surface area contributed by atoms with Crippen molar-refractivity contribution in [2.75, 3.05) is 18.1 Å². The molecule has 0 saturated carbocycles. The third-order valence-corrected chi connectivity index (χ3v) is 3.18. The van der Waals surface area contributed by atoms with Gasteiger partial charge < -0.3 is 15.4 Å². The first-order chi connectivity index (χ1) is 8.49. The molecule has 4 nitrogen and oxygen atoms in total. The van der Waals surface area contributed by atoms with Crippen LogP contribution in [0.5, 0.6) is 0 Å². The Morgan fingerprint density at radius 3 is 2.83 bits per heavy atom. The van der Waals surface area contributed by atoms with Crippen molar-refractivity contribution in [1.29, 1.82) is 5.41 Å². The highest BCUT2D eigenvalue weighted by molar-refractivity contribution is 5.95. The van der Waals surface area contributed by atoms with Gasteiger partial charge in [-0.25, -0.2) is 4.39 Å². The summed E-state index contributed by atoms with van der Waals surface area (Å²) in [6.45, 7) is 5.23. The van der Waals surface area contributed by atoms with E-state index < -0.39 is 0 Å². The Kier molecular flexibility index (Phi) is 3.52. The summed E-state index contributed by atoms with van der Waals surface area (Å²) in [6, 6.07) is 4.80. The highest BCUT2D eigenvalue weighted by Gasteiger charge is 2.25. The van der Waals surface area contributed by atoms with E-state index in [9.17, 15) is 4.39 Å². The molecule has 1 fully saturated rings. The van der Waals surface area contributed by atoms with Crippen LogP contribution in [0.2, 0.25) is 0 Å². The maximum absolute atomic E-state index is 14.1. The standard InChI is InChI=1S/C13H18FN3O/c1-8-7-18-9(2)6-17(8)12-4-3-10(13(15)16)5-11(12)14/h3-5,8-9H,6-7H2,1-2H3,(H3,15,16). The first-order valence-corrected chi connectivity index (χ1v) is 6.01. The Hall–Kier alpha value is -1.62. The molecule has 3 N–H and O–H groups in total. The first-order valence-electron chi connectivity index (χ1n) is 6.01. The molecule has 0 aliphatic carbocycles. The third-order valence-electron chi connectivity index (χ3n) is 3.18. The van der Waals surface area contributed by atoms with Crippen LogP contribution in [0, 0.1) is 11.2 Å². The summed E-state index contributed by atoms with van der Waals surface area (Å²) in [4.78, 5) is 1.99. The molecular formula is C13H18FN3O. The smallest absolute Gasteiger partial charge is 0.147 e.